The summed E-state index contributed by atoms with van der Waals surface area (Å²) in [5.41, 5.74) is 3.87. The lowest BCUT2D eigenvalue weighted by molar-refractivity contribution is -0.134. The number of primary amides is 1. The molecule has 0 aromatic heterocycles. The number of nitrogens with zero attached hydrogens (tertiary/aromatic N) is 1. The molecule has 0 bridgehead atoms. The predicted molar refractivity (Wildman–Crippen MR) is 55.0 cm³/mol. The van der Waals surface area contributed by atoms with Crippen LogP contribution in [0.4, 0.5) is 4.79 Å². The topological polar surface area (TPSA) is 105 Å². The van der Waals surface area contributed by atoms with E-state index in [1.807, 2.05) is 6.92 Å². The van der Waals surface area contributed by atoms with Crippen molar-refractivity contribution in [2.45, 2.75) is 19.8 Å². The summed E-state index contributed by atoms with van der Waals surface area (Å²) in [5.74, 6) is 0.119. The van der Waals surface area contributed by atoms with Crippen LogP contribution in [-0.4, -0.2) is 25.2 Å². The highest BCUT2D eigenvalue weighted by molar-refractivity contribution is 5.86. The SMILES string of the molecule is CC1CC(C#N)(C(=O)NCCOC(N)=O)C1. The highest BCUT2D eigenvalue weighted by Gasteiger charge is 2.48. The minimum absolute atomic E-state index is 0.0259. The Bertz CT molecular complexity index is 329. The molecule has 6 nitrogen and oxygen atoms in total. The lowest BCUT2D eigenvalue weighted by Crippen LogP contribution is -2.48. The van der Waals surface area contributed by atoms with Crippen molar-refractivity contribution in [1.82, 2.24) is 5.32 Å². The van der Waals surface area contributed by atoms with Crippen LogP contribution in [0, 0.1) is 22.7 Å². The molecule has 1 rings (SSSR count). The molecular formula is C10H15N3O3. The summed E-state index contributed by atoms with van der Waals surface area (Å²) in [7, 11) is 0. The second kappa shape index (κ2) is 4.84. The van der Waals surface area contributed by atoms with E-state index < -0.39 is 11.5 Å². The molecule has 0 aliphatic heterocycles. The number of nitriles is 1. The Hall–Kier alpha value is -1.77. The largest absolute Gasteiger partial charge is 0.448 e. The van der Waals surface area contributed by atoms with Crippen LogP contribution in [-0.2, 0) is 9.53 Å². The van der Waals surface area contributed by atoms with E-state index in [9.17, 15) is 9.59 Å². The second-order valence-electron chi connectivity index (χ2n) is 4.13. The van der Waals surface area contributed by atoms with Crippen LogP contribution < -0.4 is 11.1 Å². The molecule has 88 valence electrons. The van der Waals surface area contributed by atoms with Gasteiger partial charge in [0, 0.05) is 0 Å². The highest BCUT2D eigenvalue weighted by Crippen LogP contribution is 2.44. The fourth-order valence-corrected chi connectivity index (χ4v) is 1.94. The quantitative estimate of drug-likeness (QED) is 0.663. The summed E-state index contributed by atoms with van der Waals surface area (Å²) in [5, 5.41) is 11.5. The average Bonchev–Trinajstić information content (AvgIpc) is 2.18. The zero-order valence-corrected chi connectivity index (χ0v) is 9.16. The number of carbonyl (C=O) groups is 2. The van der Waals surface area contributed by atoms with Crippen LogP contribution in [0.15, 0.2) is 0 Å². The van der Waals surface area contributed by atoms with Crippen molar-refractivity contribution in [3.8, 4) is 6.07 Å². The molecule has 0 atom stereocenters. The van der Waals surface area contributed by atoms with Crippen molar-refractivity contribution in [3.63, 3.8) is 0 Å². The summed E-state index contributed by atoms with van der Waals surface area (Å²) >= 11 is 0. The molecule has 6 heteroatoms. The van der Waals surface area contributed by atoms with Crippen molar-refractivity contribution in [2.24, 2.45) is 17.1 Å². The lowest BCUT2D eigenvalue weighted by atomic mass is 9.63. The average molecular weight is 225 g/mol. The van der Waals surface area contributed by atoms with Gasteiger partial charge >= 0.3 is 6.09 Å². The monoisotopic (exact) mass is 225 g/mol. The van der Waals surface area contributed by atoms with E-state index in [1.165, 1.54) is 0 Å². The molecule has 0 unspecified atom stereocenters. The number of nitrogens with one attached hydrogen (secondary N) is 1. The van der Waals surface area contributed by atoms with E-state index in [0.717, 1.165) is 0 Å². The number of nitrogens with two attached hydrogens (primary N) is 1. The highest BCUT2D eigenvalue weighted by atomic mass is 16.5. The van der Waals surface area contributed by atoms with Crippen LogP contribution in [0.25, 0.3) is 0 Å². The van der Waals surface area contributed by atoms with Gasteiger partial charge in [0.05, 0.1) is 12.6 Å². The third kappa shape index (κ3) is 2.63. The molecule has 0 saturated heterocycles. The van der Waals surface area contributed by atoms with E-state index in [2.05, 4.69) is 16.1 Å². The van der Waals surface area contributed by atoms with E-state index in [4.69, 9.17) is 11.0 Å². The van der Waals surface area contributed by atoms with Gasteiger partial charge in [0.15, 0.2) is 0 Å². The Kier molecular flexibility index (Phi) is 3.72. The Morgan fingerprint density at radius 2 is 2.25 bits per heavy atom. The second-order valence-corrected chi connectivity index (χ2v) is 4.13. The first-order valence-electron chi connectivity index (χ1n) is 5.12. The van der Waals surface area contributed by atoms with Gasteiger partial charge in [0.2, 0.25) is 5.91 Å². The van der Waals surface area contributed by atoms with Crippen LogP contribution >= 0.6 is 0 Å². The maximum absolute atomic E-state index is 11.7. The normalized spacial score (nSPS) is 27.4. The van der Waals surface area contributed by atoms with Gasteiger partial charge in [-0.25, -0.2) is 4.79 Å². The number of carbonyl (C=O) groups excluding carboxylic acids is 2. The summed E-state index contributed by atoms with van der Waals surface area (Å²) in [6.07, 6.45) is 0.305. The molecule has 0 heterocycles. The van der Waals surface area contributed by atoms with Crippen LogP contribution in [0.1, 0.15) is 19.8 Å². The Labute approximate surface area is 93.7 Å². The lowest BCUT2D eigenvalue weighted by Gasteiger charge is -2.39. The Morgan fingerprint density at radius 1 is 1.62 bits per heavy atom. The molecule has 1 saturated carbocycles. The fraction of sp³-hybridized carbons (Fsp3) is 0.700. The molecule has 1 fully saturated rings. The predicted octanol–water partition coefficient (Wildman–Crippen LogP) is 0.138. The smallest absolute Gasteiger partial charge is 0.404 e. The van der Waals surface area contributed by atoms with E-state index in [1.54, 1.807) is 0 Å². The van der Waals surface area contributed by atoms with Gasteiger partial charge in [-0.3, -0.25) is 4.79 Å². The van der Waals surface area contributed by atoms with E-state index in [0.29, 0.717) is 18.8 Å². The molecule has 0 aromatic carbocycles. The maximum Gasteiger partial charge on any atom is 0.404 e. The molecular weight excluding hydrogens is 210 g/mol. The molecule has 1 aliphatic carbocycles. The van der Waals surface area contributed by atoms with Gasteiger partial charge in [-0.2, -0.15) is 5.26 Å². The Balaban J connectivity index is 2.30. The third-order valence-electron chi connectivity index (χ3n) is 2.67. The number of hydrogen-bond acceptors (Lipinski definition) is 4. The number of rotatable bonds is 4. The number of amides is 2. The van der Waals surface area contributed by atoms with E-state index >= 15 is 0 Å². The minimum Gasteiger partial charge on any atom is -0.448 e. The first-order chi connectivity index (χ1) is 7.50. The fourth-order valence-electron chi connectivity index (χ4n) is 1.94. The zero-order chi connectivity index (χ0) is 12.2. The number of hydrogen-bond donors (Lipinski definition) is 2. The van der Waals surface area contributed by atoms with Gasteiger partial charge in [-0.05, 0) is 18.8 Å². The minimum atomic E-state index is -0.883. The summed E-state index contributed by atoms with van der Waals surface area (Å²) in [6, 6.07) is 2.05. The van der Waals surface area contributed by atoms with Gasteiger partial charge < -0.3 is 15.8 Å². The Morgan fingerprint density at radius 3 is 2.69 bits per heavy atom. The molecule has 3 N–H and O–H groups in total. The summed E-state index contributed by atoms with van der Waals surface area (Å²) in [4.78, 5) is 21.9. The van der Waals surface area contributed by atoms with Crippen molar-refractivity contribution in [1.29, 1.82) is 5.26 Å². The van der Waals surface area contributed by atoms with Gasteiger partial charge in [0.1, 0.15) is 12.0 Å². The first-order valence-corrected chi connectivity index (χ1v) is 5.12. The number of ether oxygens (including phenoxy) is 1. The maximum atomic E-state index is 11.7. The summed E-state index contributed by atoms with van der Waals surface area (Å²) in [6.45, 7) is 2.21. The standard InChI is InChI=1S/C10H15N3O3/c1-7-4-10(5-7,6-11)8(14)13-2-3-16-9(12)15/h7H,2-5H2,1H3,(H2,12,15)(H,13,14). The van der Waals surface area contributed by atoms with Gasteiger partial charge in [0.25, 0.3) is 0 Å². The summed E-state index contributed by atoms with van der Waals surface area (Å²) < 4.78 is 4.45. The van der Waals surface area contributed by atoms with Crippen molar-refractivity contribution in [2.75, 3.05) is 13.2 Å². The van der Waals surface area contributed by atoms with Crippen molar-refractivity contribution in [3.05, 3.63) is 0 Å². The molecule has 0 aromatic rings. The molecule has 16 heavy (non-hydrogen) atoms. The molecule has 0 radical (unpaired) electrons. The van der Waals surface area contributed by atoms with Crippen molar-refractivity contribution >= 4 is 12.0 Å². The van der Waals surface area contributed by atoms with Gasteiger partial charge in [-0.1, -0.05) is 6.92 Å². The van der Waals surface area contributed by atoms with Gasteiger partial charge in [-0.15, -0.1) is 0 Å². The zero-order valence-electron chi connectivity index (χ0n) is 9.16. The molecule has 1 aliphatic rings. The van der Waals surface area contributed by atoms with E-state index in [-0.39, 0.29) is 19.1 Å². The van der Waals surface area contributed by atoms with Crippen LogP contribution in [0.2, 0.25) is 0 Å². The third-order valence-corrected chi connectivity index (χ3v) is 2.67. The van der Waals surface area contributed by atoms with Crippen LogP contribution in [0.3, 0.4) is 0 Å². The molecule has 2 amide bonds. The van der Waals surface area contributed by atoms with Crippen LogP contribution in [0.5, 0.6) is 0 Å². The van der Waals surface area contributed by atoms with Crippen molar-refractivity contribution < 1.29 is 14.3 Å². The molecule has 0 spiro atoms. The first kappa shape index (κ1) is 12.3.